The van der Waals surface area contributed by atoms with Crippen molar-refractivity contribution in [3.63, 3.8) is 0 Å². The molecule has 18 heavy (non-hydrogen) atoms. The lowest BCUT2D eigenvalue weighted by molar-refractivity contribution is 0.112. The topological polar surface area (TPSA) is 37.3 Å². The van der Waals surface area contributed by atoms with Crippen LogP contribution in [0.2, 0.25) is 0 Å². The Morgan fingerprint density at radius 3 is 2.17 bits per heavy atom. The molecule has 0 saturated carbocycles. The number of phenols is 1. The first-order valence-electron chi connectivity index (χ1n) is 6.36. The summed E-state index contributed by atoms with van der Waals surface area (Å²) in [5, 5.41) is 10.2. The minimum absolute atomic E-state index is 0.129. The molecule has 1 N–H and O–H groups in total. The molecule has 0 atom stereocenters. The lowest BCUT2D eigenvalue weighted by Gasteiger charge is -2.33. The average Bonchev–Trinajstić information content (AvgIpc) is 2.17. The Bertz CT molecular complexity index is 451. The maximum Gasteiger partial charge on any atom is 0.153 e. The van der Waals surface area contributed by atoms with Gasteiger partial charge in [-0.15, -0.1) is 0 Å². The molecule has 0 saturated heterocycles. The number of aryl methyl sites for hydroxylation is 1. The van der Waals surface area contributed by atoms with Gasteiger partial charge in [0.15, 0.2) is 6.29 Å². The van der Waals surface area contributed by atoms with Gasteiger partial charge in [0.1, 0.15) is 5.75 Å². The van der Waals surface area contributed by atoms with E-state index in [4.69, 9.17) is 0 Å². The normalized spacial score (nSPS) is 12.6. The molecule has 0 aliphatic carbocycles. The van der Waals surface area contributed by atoms with Crippen molar-refractivity contribution in [1.29, 1.82) is 0 Å². The van der Waals surface area contributed by atoms with Crippen LogP contribution in [0, 0.1) is 12.3 Å². The molecular formula is C16H24O2. The van der Waals surface area contributed by atoms with Crippen molar-refractivity contribution in [2.24, 2.45) is 5.41 Å². The van der Waals surface area contributed by atoms with Gasteiger partial charge in [0.2, 0.25) is 0 Å². The Kier molecular flexibility index (Phi) is 3.89. The SMILES string of the molecule is Cc1cc(C=O)c(O)c(C(C)(C)CC(C)(C)C)c1. The Morgan fingerprint density at radius 2 is 1.72 bits per heavy atom. The molecule has 1 aromatic rings. The van der Waals surface area contributed by atoms with Crippen LogP contribution in [0.15, 0.2) is 12.1 Å². The van der Waals surface area contributed by atoms with Gasteiger partial charge < -0.3 is 5.11 Å². The van der Waals surface area contributed by atoms with Crippen LogP contribution in [0.3, 0.4) is 0 Å². The minimum Gasteiger partial charge on any atom is -0.507 e. The van der Waals surface area contributed by atoms with E-state index in [1.807, 2.05) is 13.0 Å². The summed E-state index contributed by atoms with van der Waals surface area (Å²) >= 11 is 0. The van der Waals surface area contributed by atoms with Crippen LogP contribution in [0.25, 0.3) is 0 Å². The summed E-state index contributed by atoms with van der Waals surface area (Å²) in [4.78, 5) is 11.0. The molecule has 2 nitrogen and oxygen atoms in total. The molecule has 0 aliphatic rings. The zero-order valence-electron chi connectivity index (χ0n) is 12.3. The molecule has 0 amide bonds. The van der Waals surface area contributed by atoms with Crippen LogP contribution in [0.4, 0.5) is 0 Å². The highest BCUT2D eigenvalue weighted by Crippen LogP contribution is 2.41. The zero-order chi connectivity index (χ0) is 14.1. The molecule has 100 valence electrons. The maximum absolute atomic E-state index is 11.0. The van der Waals surface area contributed by atoms with Crippen LogP contribution in [-0.4, -0.2) is 11.4 Å². The molecular weight excluding hydrogens is 224 g/mol. The van der Waals surface area contributed by atoms with Gasteiger partial charge in [-0.1, -0.05) is 40.7 Å². The quantitative estimate of drug-likeness (QED) is 0.813. The maximum atomic E-state index is 11.0. The van der Waals surface area contributed by atoms with Gasteiger partial charge in [0.05, 0.1) is 5.56 Å². The van der Waals surface area contributed by atoms with E-state index in [-0.39, 0.29) is 16.6 Å². The lowest BCUT2D eigenvalue weighted by Crippen LogP contribution is -2.25. The van der Waals surface area contributed by atoms with Gasteiger partial charge in [0, 0.05) is 5.56 Å². The van der Waals surface area contributed by atoms with E-state index in [0.29, 0.717) is 5.56 Å². The first kappa shape index (κ1) is 14.7. The van der Waals surface area contributed by atoms with Crippen molar-refractivity contribution in [2.45, 2.75) is 53.4 Å². The van der Waals surface area contributed by atoms with Crippen LogP contribution in [0.5, 0.6) is 5.75 Å². The van der Waals surface area contributed by atoms with Crippen molar-refractivity contribution in [1.82, 2.24) is 0 Å². The van der Waals surface area contributed by atoms with Crippen LogP contribution in [-0.2, 0) is 5.41 Å². The van der Waals surface area contributed by atoms with Crippen molar-refractivity contribution in [2.75, 3.05) is 0 Å². The first-order valence-corrected chi connectivity index (χ1v) is 6.36. The molecule has 2 heteroatoms. The smallest absolute Gasteiger partial charge is 0.153 e. The summed E-state index contributed by atoms with van der Waals surface area (Å²) in [5.41, 5.74) is 2.26. The fourth-order valence-corrected chi connectivity index (χ4v) is 2.83. The predicted molar refractivity (Wildman–Crippen MR) is 75.3 cm³/mol. The highest BCUT2D eigenvalue weighted by Gasteiger charge is 2.30. The Labute approximate surface area is 110 Å². The van der Waals surface area contributed by atoms with E-state index in [0.717, 1.165) is 23.8 Å². The first-order chi connectivity index (χ1) is 8.07. The molecule has 1 rings (SSSR count). The molecule has 0 aliphatic heterocycles. The molecule has 0 fully saturated rings. The van der Waals surface area contributed by atoms with Gasteiger partial charge in [-0.25, -0.2) is 0 Å². The Morgan fingerprint density at radius 1 is 1.17 bits per heavy atom. The van der Waals surface area contributed by atoms with E-state index in [1.165, 1.54) is 0 Å². The standard InChI is InChI=1S/C16H24O2/c1-11-7-12(9-17)14(18)13(8-11)16(5,6)10-15(2,3)4/h7-9,18H,10H2,1-6H3. The number of carbonyl (C=O) groups is 1. The van der Waals surface area contributed by atoms with Gasteiger partial charge in [-0.05, 0) is 35.8 Å². The van der Waals surface area contributed by atoms with E-state index >= 15 is 0 Å². The van der Waals surface area contributed by atoms with Crippen molar-refractivity contribution in [3.05, 3.63) is 28.8 Å². The third-order valence-electron chi connectivity index (χ3n) is 3.11. The second-order valence-electron chi connectivity index (χ2n) is 6.99. The summed E-state index contributed by atoms with van der Waals surface area (Å²) in [6.07, 6.45) is 1.66. The van der Waals surface area contributed by atoms with E-state index in [9.17, 15) is 9.90 Å². The lowest BCUT2D eigenvalue weighted by atomic mass is 9.71. The van der Waals surface area contributed by atoms with E-state index in [1.54, 1.807) is 6.07 Å². The van der Waals surface area contributed by atoms with Crippen LogP contribution in [0.1, 0.15) is 62.5 Å². The number of hydrogen-bond donors (Lipinski definition) is 1. The van der Waals surface area contributed by atoms with Crippen molar-refractivity contribution < 1.29 is 9.90 Å². The largest absolute Gasteiger partial charge is 0.507 e. The van der Waals surface area contributed by atoms with Gasteiger partial charge in [0.25, 0.3) is 0 Å². The van der Waals surface area contributed by atoms with Crippen LogP contribution < -0.4 is 0 Å². The number of hydrogen-bond acceptors (Lipinski definition) is 2. The molecule has 0 radical (unpaired) electrons. The van der Waals surface area contributed by atoms with Crippen LogP contribution >= 0.6 is 0 Å². The molecule has 1 aromatic carbocycles. The summed E-state index contributed by atoms with van der Waals surface area (Å²) < 4.78 is 0. The zero-order valence-corrected chi connectivity index (χ0v) is 12.3. The number of phenolic OH excluding ortho intramolecular Hbond substituents is 1. The summed E-state index contributed by atoms with van der Waals surface area (Å²) in [6.45, 7) is 12.7. The highest BCUT2D eigenvalue weighted by molar-refractivity contribution is 5.80. The molecule has 0 aromatic heterocycles. The van der Waals surface area contributed by atoms with E-state index < -0.39 is 0 Å². The van der Waals surface area contributed by atoms with Gasteiger partial charge >= 0.3 is 0 Å². The Balaban J connectivity index is 3.31. The molecule has 0 bridgehead atoms. The number of rotatable bonds is 3. The summed E-state index contributed by atoms with van der Waals surface area (Å²) in [7, 11) is 0. The molecule has 0 unspecified atom stereocenters. The van der Waals surface area contributed by atoms with Gasteiger partial charge in [-0.3, -0.25) is 4.79 Å². The van der Waals surface area contributed by atoms with Gasteiger partial charge in [-0.2, -0.15) is 0 Å². The number of aldehydes is 1. The van der Waals surface area contributed by atoms with Crippen molar-refractivity contribution >= 4 is 6.29 Å². The third-order valence-corrected chi connectivity index (χ3v) is 3.11. The number of benzene rings is 1. The Hall–Kier alpha value is -1.31. The third kappa shape index (κ3) is 3.34. The minimum atomic E-state index is -0.161. The monoisotopic (exact) mass is 248 g/mol. The number of aromatic hydroxyl groups is 1. The predicted octanol–water partition coefficient (Wildman–Crippen LogP) is 4.23. The fourth-order valence-electron chi connectivity index (χ4n) is 2.83. The second kappa shape index (κ2) is 4.75. The second-order valence-corrected chi connectivity index (χ2v) is 6.99. The fraction of sp³-hybridized carbons (Fsp3) is 0.562. The summed E-state index contributed by atoms with van der Waals surface area (Å²) in [5.74, 6) is 0.129. The summed E-state index contributed by atoms with van der Waals surface area (Å²) in [6, 6.07) is 3.70. The molecule has 0 heterocycles. The molecule has 0 spiro atoms. The van der Waals surface area contributed by atoms with E-state index in [2.05, 4.69) is 34.6 Å². The number of carbonyl (C=O) groups excluding carboxylic acids is 1. The highest BCUT2D eigenvalue weighted by atomic mass is 16.3. The average molecular weight is 248 g/mol. The van der Waals surface area contributed by atoms with Crippen molar-refractivity contribution in [3.8, 4) is 5.75 Å².